The van der Waals surface area contributed by atoms with Crippen LogP contribution in [-0.4, -0.2) is 20.2 Å². The zero-order chi connectivity index (χ0) is 13.9. The van der Waals surface area contributed by atoms with Crippen molar-refractivity contribution in [2.45, 2.75) is 6.54 Å². The van der Waals surface area contributed by atoms with Crippen molar-refractivity contribution in [1.82, 2.24) is 20.2 Å². The minimum Gasteiger partial charge on any atom is -0.379 e. The molecule has 20 heavy (non-hydrogen) atoms. The Hall–Kier alpha value is -1.44. The molecule has 0 radical (unpaired) electrons. The first-order valence-corrected chi connectivity index (χ1v) is 7.72. The van der Waals surface area contributed by atoms with Crippen LogP contribution >= 0.6 is 38.9 Å². The fourth-order valence-corrected chi connectivity index (χ4v) is 3.31. The molecule has 0 saturated heterocycles. The van der Waals surface area contributed by atoms with Crippen LogP contribution in [0.1, 0.15) is 4.88 Å². The molecule has 0 fully saturated rings. The van der Waals surface area contributed by atoms with E-state index in [0.29, 0.717) is 5.02 Å². The largest absolute Gasteiger partial charge is 0.379 e. The van der Waals surface area contributed by atoms with E-state index in [0.717, 1.165) is 21.7 Å². The summed E-state index contributed by atoms with van der Waals surface area (Å²) in [6.07, 6.45) is 1.55. The van der Waals surface area contributed by atoms with Gasteiger partial charge in [0.15, 0.2) is 0 Å². The van der Waals surface area contributed by atoms with Crippen LogP contribution in [0.5, 0.6) is 0 Å². The molecule has 0 aliphatic heterocycles. The second kappa shape index (κ2) is 5.90. The molecule has 2 heterocycles. The van der Waals surface area contributed by atoms with Gasteiger partial charge in [0.25, 0.3) is 0 Å². The average Bonchev–Trinajstić information content (AvgIpc) is 3.09. The van der Waals surface area contributed by atoms with E-state index < -0.39 is 0 Å². The van der Waals surface area contributed by atoms with Crippen molar-refractivity contribution in [3.05, 3.63) is 50.3 Å². The summed E-state index contributed by atoms with van der Waals surface area (Å²) >= 11 is 11.3. The second-order valence-corrected chi connectivity index (χ2v) is 6.93. The first-order valence-electron chi connectivity index (χ1n) is 5.73. The number of nitrogens with zero attached hydrogens (tertiary/aromatic N) is 4. The number of hydrogen-bond acceptors (Lipinski definition) is 5. The first-order chi connectivity index (χ1) is 9.72. The van der Waals surface area contributed by atoms with Crippen molar-refractivity contribution in [1.29, 1.82) is 0 Å². The molecule has 0 amide bonds. The van der Waals surface area contributed by atoms with Crippen molar-refractivity contribution in [3.8, 4) is 5.69 Å². The summed E-state index contributed by atoms with van der Waals surface area (Å²) in [6, 6.07) is 9.71. The monoisotopic (exact) mass is 369 g/mol. The van der Waals surface area contributed by atoms with Crippen LogP contribution < -0.4 is 5.32 Å². The second-order valence-electron chi connectivity index (χ2n) is 3.98. The first kappa shape index (κ1) is 13.5. The molecule has 2 aromatic heterocycles. The molecule has 0 spiro atoms. The fraction of sp³-hybridized carbons (Fsp3) is 0.0833. The predicted octanol–water partition coefficient (Wildman–Crippen LogP) is 3.75. The summed E-state index contributed by atoms with van der Waals surface area (Å²) in [5, 5.41) is 15.1. The summed E-state index contributed by atoms with van der Waals surface area (Å²) in [6.45, 7) is 0.717. The number of rotatable bonds is 4. The Labute approximate surface area is 132 Å². The smallest absolute Gasteiger partial charge is 0.143 e. The van der Waals surface area contributed by atoms with Crippen LogP contribution in [0.4, 0.5) is 5.69 Å². The van der Waals surface area contributed by atoms with Crippen molar-refractivity contribution in [2.24, 2.45) is 0 Å². The maximum Gasteiger partial charge on any atom is 0.143 e. The van der Waals surface area contributed by atoms with Crippen LogP contribution in [0.3, 0.4) is 0 Å². The number of aromatic nitrogens is 4. The van der Waals surface area contributed by atoms with Gasteiger partial charge >= 0.3 is 0 Å². The Bertz CT molecular complexity index is 712. The average molecular weight is 371 g/mol. The third-order valence-corrected chi connectivity index (χ3v) is 4.60. The number of halogens is 2. The van der Waals surface area contributed by atoms with Crippen molar-refractivity contribution < 1.29 is 0 Å². The number of benzene rings is 1. The maximum atomic E-state index is 6.20. The number of hydrogen-bond donors (Lipinski definition) is 1. The lowest BCUT2D eigenvalue weighted by molar-refractivity contribution is 0.789. The van der Waals surface area contributed by atoms with Crippen LogP contribution in [-0.2, 0) is 6.54 Å². The maximum absolute atomic E-state index is 6.20. The van der Waals surface area contributed by atoms with Gasteiger partial charge in [0.05, 0.1) is 20.2 Å². The third-order valence-electron chi connectivity index (χ3n) is 2.65. The van der Waals surface area contributed by atoms with Crippen molar-refractivity contribution in [3.63, 3.8) is 0 Å². The molecular formula is C12H9BrClN5S. The van der Waals surface area contributed by atoms with Crippen molar-refractivity contribution >= 4 is 44.6 Å². The molecule has 0 atom stereocenters. The topological polar surface area (TPSA) is 55.6 Å². The summed E-state index contributed by atoms with van der Waals surface area (Å²) in [5.74, 6) is 0. The number of thiophene rings is 1. The Kier molecular flexibility index (Phi) is 4.00. The lowest BCUT2D eigenvalue weighted by Gasteiger charge is -2.09. The van der Waals surface area contributed by atoms with Gasteiger partial charge in [-0.1, -0.05) is 11.6 Å². The SMILES string of the molecule is Clc1ccc(-n2cnnn2)cc1NCc1ccc(Br)s1. The lowest BCUT2D eigenvalue weighted by Crippen LogP contribution is -2.01. The van der Waals surface area contributed by atoms with Crippen LogP contribution in [0, 0.1) is 0 Å². The van der Waals surface area contributed by atoms with E-state index in [1.807, 2.05) is 24.3 Å². The molecule has 0 unspecified atom stereocenters. The molecule has 3 aromatic rings. The molecule has 0 bridgehead atoms. The molecule has 3 rings (SSSR count). The van der Waals surface area contributed by atoms with E-state index in [1.54, 1.807) is 22.3 Å². The quantitative estimate of drug-likeness (QED) is 0.760. The van der Waals surface area contributed by atoms with Crippen LogP contribution in [0.15, 0.2) is 40.4 Å². The highest BCUT2D eigenvalue weighted by Gasteiger charge is 2.05. The standard InChI is InChI=1S/C12H9BrClN5S/c13-12-4-2-9(20-12)6-15-11-5-8(1-3-10(11)14)19-7-16-17-18-19/h1-5,7,15H,6H2. The molecule has 102 valence electrons. The third kappa shape index (κ3) is 3.00. The van der Waals surface area contributed by atoms with Gasteiger partial charge in [-0.2, -0.15) is 0 Å². The van der Waals surface area contributed by atoms with E-state index in [4.69, 9.17) is 11.6 Å². The summed E-state index contributed by atoms with van der Waals surface area (Å²) in [4.78, 5) is 1.22. The van der Waals surface area contributed by atoms with Gasteiger partial charge in [-0.15, -0.1) is 16.4 Å². The molecule has 1 N–H and O–H groups in total. The Balaban J connectivity index is 1.80. The van der Waals surface area contributed by atoms with E-state index in [2.05, 4.69) is 42.8 Å². The number of anilines is 1. The highest BCUT2D eigenvalue weighted by atomic mass is 79.9. The van der Waals surface area contributed by atoms with Gasteiger partial charge in [0.2, 0.25) is 0 Å². The highest BCUT2D eigenvalue weighted by Crippen LogP contribution is 2.27. The van der Waals surface area contributed by atoms with E-state index in [1.165, 1.54) is 4.88 Å². The minimum absolute atomic E-state index is 0.664. The number of nitrogens with one attached hydrogen (secondary N) is 1. The van der Waals surface area contributed by atoms with Gasteiger partial charge in [-0.3, -0.25) is 0 Å². The summed E-state index contributed by atoms with van der Waals surface area (Å²) < 4.78 is 2.70. The van der Waals surface area contributed by atoms with E-state index in [9.17, 15) is 0 Å². The van der Waals surface area contributed by atoms with Gasteiger partial charge in [-0.25, -0.2) is 4.68 Å². The summed E-state index contributed by atoms with van der Waals surface area (Å²) in [7, 11) is 0. The van der Waals surface area contributed by atoms with E-state index >= 15 is 0 Å². The zero-order valence-corrected chi connectivity index (χ0v) is 13.3. The normalized spacial score (nSPS) is 10.7. The van der Waals surface area contributed by atoms with Crippen LogP contribution in [0.25, 0.3) is 5.69 Å². The Morgan fingerprint density at radius 3 is 2.90 bits per heavy atom. The molecule has 8 heteroatoms. The minimum atomic E-state index is 0.664. The highest BCUT2D eigenvalue weighted by molar-refractivity contribution is 9.11. The summed E-state index contributed by atoms with van der Waals surface area (Å²) in [5.41, 5.74) is 1.71. The zero-order valence-electron chi connectivity index (χ0n) is 10.1. The molecule has 0 aliphatic carbocycles. The van der Waals surface area contributed by atoms with Crippen LogP contribution in [0.2, 0.25) is 5.02 Å². The molecule has 0 saturated carbocycles. The Morgan fingerprint density at radius 1 is 1.30 bits per heavy atom. The van der Waals surface area contributed by atoms with Gasteiger partial charge in [-0.05, 0) is 56.7 Å². The molecular weight excluding hydrogens is 362 g/mol. The van der Waals surface area contributed by atoms with Crippen molar-refractivity contribution in [2.75, 3.05) is 5.32 Å². The van der Waals surface area contributed by atoms with E-state index in [-0.39, 0.29) is 0 Å². The molecule has 0 aliphatic rings. The number of tetrazole rings is 1. The predicted molar refractivity (Wildman–Crippen MR) is 83.5 cm³/mol. The molecule has 1 aromatic carbocycles. The Morgan fingerprint density at radius 2 is 2.20 bits per heavy atom. The van der Waals surface area contributed by atoms with Gasteiger partial charge < -0.3 is 5.32 Å². The van der Waals surface area contributed by atoms with Gasteiger partial charge in [0.1, 0.15) is 6.33 Å². The fourth-order valence-electron chi connectivity index (χ4n) is 1.70. The lowest BCUT2D eigenvalue weighted by atomic mass is 10.2. The molecule has 5 nitrogen and oxygen atoms in total. The van der Waals surface area contributed by atoms with Gasteiger partial charge in [0, 0.05) is 11.4 Å².